The Labute approximate surface area is 156 Å². The molecule has 3 aromatic heterocycles. The van der Waals surface area contributed by atoms with E-state index in [-0.39, 0.29) is 0 Å². The van der Waals surface area contributed by atoms with Crippen LogP contribution in [0.25, 0.3) is 10.6 Å². The lowest BCUT2D eigenvalue weighted by Gasteiger charge is -2.11. The number of aliphatic imine (C=N–C) groups is 1. The van der Waals surface area contributed by atoms with Crippen LogP contribution in [0.4, 0.5) is 0 Å². The van der Waals surface area contributed by atoms with Crippen molar-refractivity contribution in [2.24, 2.45) is 4.99 Å². The number of hydrogen-bond donors (Lipinski definition) is 2. The number of aryl methyl sites for hydroxylation is 1. The first kappa shape index (κ1) is 17.7. The van der Waals surface area contributed by atoms with E-state index in [1.54, 1.807) is 18.4 Å². The third-order valence-electron chi connectivity index (χ3n) is 3.75. The van der Waals surface area contributed by atoms with Crippen molar-refractivity contribution >= 4 is 28.6 Å². The van der Waals surface area contributed by atoms with Gasteiger partial charge in [-0.1, -0.05) is 0 Å². The standard InChI is InChI=1S/C18H23N5S2/c1-14-22-16(13-24-14)17-6-5-15(25-17)7-8-20-18(19-2)21-9-12-23-10-3-4-11-23/h3-6,10-11,13H,7-9,12H2,1-2H3,(H2,19,20,21). The second-order valence-corrected chi connectivity index (χ2v) is 7.84. The topological polar surface area (TPSA) is 54.2 Å². The molecule has 0 aliphatic rings. The molecule has 7 heteroatoms. The maximum absolute atomic E-state index is 4.55. The Kier molecular flexibility index (Phi) is 6.25. The lowest BCUT2D eigenvalue weighted by atomic mass is 10.3. The fourth-order valence-corrected chi connectivity index (χ4v) is 4.13. The fraction of sp³-hybridized carbons (Fsp3) is 0.333. The van der Waals surface area contributed by atoms with Gasteiger partial charge >= 0.3 is 0 Å². The highest BCUT2D eigenvalue weighted by Gasteiger charge is 2.06. The van der Waals surface area contributed by atoms with Crippen molar-refractivity contribution in [3.63, 3.8) is 0 Å². The van der Waals surface area contributed by atoms with E-state index in [1.807, 2.05) is 30.4 Å². The Morgan fingerprint density at radius 2 is 2.00 bits per heavy atom. The molecule has 0 amide bonds. The molecule has 0 saturated carbocycles. The predicted molar refractivity (Wildman–Crippen MR) is 108 cm³/mol. The summed E-state index contributed by atoms with van der Waals surface area (Å²) in [6.45, 7) is 4.68. The van der Waals surface area contributed by atoms with E-state index in [0.717, 1.165) is 42.7 Å². The van der Waals surface area contributed by atoms with Gasteiger partial charge in [-0.3, -0.25) is 4.99 Å². The molecule has 0 atom stereocenters. The van der Waals surface area contributed by atoms with E-state index < -0.39 is 0 Å². The lowest BCUT2D eigenvalue weighted by molar-refractivity contribution is 0.665. The van der Waals surface area contributed by atoms with Crippen LogP contribution in [0.2, 0.25) is 0 Å². The zero-order valence-corrected chi connectivity index (χ0v) is 16.2. The quantitative estimate of drug-likeness (QED) is 0.493. The van der Waals surface area contributed by atoms with Gasteiger partial charge in [-0.25, -0.2) is 4.98 Å². The third-order valence-corrected chi connectivity index (χ3v) is 5.69. The minimum absolute atomic E-state index is 0.846. The number of hydrogen-bond acceptors (Lipinski definition) is 4. The Bertz CT molecular complexity index is 801. The first-order valence-electron chi connectivity index (χ1n) is 8.31. The smallest absolute Gasteiger partial charge is 0.191 e. The summed E-state index contributed by atoms with van der Waals surface area (Å²) in [4.78, 5) is 11.4. The second-order valence-electron chi connectivity index (χ2n) is 5.61. The minimum Gasteiger partial charge on any atom is -0.356 e. The normalized spacial score (nSPS) is 11.7. The van der Waals surface area contributed by atoms with Gasteiger partial charge < -0.3 is 15.2 Å². The van der Waals surface area contributed by atoms with Crippen LogP contribution in [-0.4, -0.2) is 35.6 Å². The van der Waals surface area contributed by atoms with Crippen molar-refractivity contribution in [2.75, 3.05) is 20.1 Å². The summed E-state index contributed by atoms with van der Waals surface area (Å²) < 4.78 is 2.15. The van der Waals surface area contributed by atoms with E-state index in [1.165, 1.54) is 9.75 Å². The maximum atomic E-state index is 4.55. The van der Waals surface area contributed by atoms with Crippen molar-refractivity contribution in [1.29, 1.82) is 0 Å². The van der Waals surface area contributed by atoms with Gasteiger partial charge in [-0.2, -0.15) is 0 Å². The van der Waals surface area contributed by atoms with Crippen LogP contribution in [0.1, 0.15) is 9.88 Å². The number of rotatable bonds is 7. The van der Waals surface area contributed by atoms with Gasteiger partial charge in [-0.05, 0) is 37.6 Å². The van der Waals surface area contributed by atoms with Crippen LogP contribution < -0.4 is 10.6 Å². The van der Waals surface area contributed by atoms with Crippen molar-refractivity contribution < 1.29 is 0 Å². The second kappa shape index (κ2) is 8.82. The summed E-state index contributed by atoms with van der Waals surface area (Å²) >= 11 is 3.51. The van der Waals surface area contributed by atoms with Crippen LogP contribution in [0.3, 0.4) is 0 Å². The van der Waals surface area contributed by atoms with Gasteiger partial charge in [0.1, 0.15) is 0 Å². The molecule has 3 aromatic rings. The first-order chi connectivity index (χ1) is 12.2. The molecule has 132 valence electrons. The lowest BCUT2D eigenvalue weighted by Crippen LogP contribution is -2.39. The molecule has 0 aromatic carbocycles. The summed E-state index contributed by atoms with van der Waals surface area (Å²) in [6.07, 6.45) is 5.11. The fourth-order valence-electron chi connectivity index (χ4n) is 2.47. The Morgan fingerprint density at radius 3 is 2.72 bits per heavy atom. The maximum Gasteiger partial charge on any atom is 0.191 e. The van der Waals surface area contributed by atoms with Crippen LogP contribution in [0, 0.1) is 6.92 Å². The largest absolute Gasteiger partial charge is 0.356 e. The monoisotopic (exact) mass is 373 g/mol. The molecule has 0 aliphatic carbocycles. The van der Waals surface area contributed by atoms with Gasteiger partial charge in [0.25, 0.3) is 0 Å². The molecule has 0 spiro atoms. The number of thiazole rings is 1. The SMILES string of the molecule is CN=C(NCCc1ccc(-c2csc(C)n2)s1)NCCn1cccc1. The highest BCUT2D eigenvalue weighted by Crippen LogP contribution is 2.29. The molecule has 25 heavy (non-hydrogen) atoms. The van der Waals surface area contributed by atoms with E-state index >= 15 is 0 Å². The number of nitrogens with one attached hydrogen (secondary N) is 2. The van der Waals surface area contributed by atoms with Crippen molar-refractivity contribution in [1.82, 2.24) is 20.2 Å². The van der Waals surface area contributed by atoms with E-state index in [0.29, 0.717) is 0 Å². The molecule has 0 saturated heterocycles. The molecule has 0 radical (unpaired) electrons. The molecule has 2 N–H and O–H groups in total. The average Bonchev–Trinajstić information content (AvgIpc) is 3.35. The third kappa shape index (κ3) is 5.17. The van der Waals surface area contributed by atoms with Crippen LogP contribution in [-0.2, 0) is 13.0 Å². The summed E-state index contributed by atoms with van der Waals surface area (Å²) in [5, 5.41) is 9.95. The average molecular weight is 374 g/mol. The predicted octanol–water partition coefficient (Wildman–Crippen LogP) is 3.39. The summed E-state index contributed by atoms with van der Waals surface area (Å²) in [7, 11) is 1.80. The van der Waals surface area contributed by atoms with E-state index in [4.69, 9.17) is 0 Å². The van der Waals surface area contributed by atoms with Gasteiger partial charge in [0.05, 0.1) is 15.6 Å². The molecule has 0 aliphatic heterocycles. The van der Waals surface area contributed by atoms with Gasteiger partial charge in [0.15, 0.2) is 5.96 Å². The molecule has 3 rings (SSSR count). The van der Waals surface area contributed by atoms with Crippen molar-refractivity contribution in [3.8, 4) is 10.6 Å². The first-order valence-corrected chi connectivity index (χ1v) is 10.0. The van der Waals surface area contributed by atoms with Crippen molar-refractivity contribution in [3.05, 3.63) is 51.9 Å². The van der Waals surface area contributed by atoms with Gasteiger partial charge in [0, 0.05) is 49.3 Å². The zero-order chi connectivity index (χ0) is 17.5. The molecule has 3 heterocycles. The molecular weight excluding hydrogens is 350 g/mol. The summed E-state index contributed by atoms with van der Waals surface area (Å²) in [6, 6.07) is 8.43. The highest BCUT2D eigenvalue weighted by atomic mass is 32.1. The highest BCUT2D eigenvalue weighted by molar-refractivity contribution is 7.16. The van der Waals surface area contributed by atoms with E-state index in [2.05, 4.69) is 55.1 Å². The molecule has 0 fully saturated rings. The summed E-state index contributed by atoms with van der Waals surface area (Å²) in [5.41, 5.74) is 1.09. The van der Waals surface area contributed by atoms with Gasteiger partial charge in [-0.15, -0.1) is 22.7 Å². The van der Waals surface area contributed by atoms with Crippen molar-refractivity contribution in [2.45, 2.75) is 19.9 Å². The number of thiophene rings is 1. The Morgan fingerprint density at radius 1 is 1.20 bits per heavy atom. The number of nitrogens with zero attached hydrogens (tertiary/aromatic N) is 3. The Balaban J connectivity index is 1.41. The Hall–Kier alpha value is -2.12. The van der Waals surface area contributed by atoms with Gasteiger partial charge in [0.2, 0.25) is 0 Å². The summed E-state index contributed by atoms with van der Waals surface area (Å²) in [5.74, 6) is 0.846. The van der Waals surface area contributed by atoms with E-state index in [9.17, 15) is 0 Å². The molecule has 0 unspecified atom stereocenters. The van der Waals surface area contributed by atoms with Crippen LogP contribution >= 0.6 is 22.7 Å². The molecular formula is C18H23N5S2. The zero-order valence-electron chi connectivity index (χ0n) is 14.5. The molecule has 0 bridgehead atoms. The van der Waals surface area contributed by atoms with Crippen LogP contribution in [0.5, 0.6) is 0 Å². The number of aromatic nitrogens is 2. The molecule has 5 nitrogen and oxygen atoms in total. The van der Waals surface area contributed by atoms with Crippen LogP contribution in [0.15, 0.2) is 47.0 Å². The number of guanidine groups is 1. The minimum atomic E-state index is 0.846.